The molecule has 2 aliphatic rings. The Kier molecular flexibility index (Phi) is 7.03. The molecule has 0 aliphatic carbocycles. The van der Waals surface area contributed by atoms with Gasteiger partial charge >= 0.3 is 0 Å². The number of halogens is 1. The van der Waals surface area contributed by atoms with Crippen LogP contribution in [0.4, 0.5) is 5.82 Å². The first kappa shape index (κ1) is 25.2. The van der Waals surface area contributed by atoms with Gasteiger partial charge in [-0.25, -0.2) is 4.68 Å². The van der Waals surface area contributed by atoms with Crippen molar-refractivity contribution in [1.29, 1.82) is 0 Å². The van der Waals surface area contributed by atoms with Crippen molar-refractivity contribution in [3.05, 3.63) is 87.1 Å². The number of aromatic nitrogens is 2. The van der Waals surface area contributed by atoms with Crippen molar-refractivity contribution in [2.24, 2.45) is 0 Å². The summed E-state index contributed by atoms with van der Waals surface area (Å²) in [5.74, 6) is 0.830. The summed E-state index contributed by atoms with van der Waals surface area (Å²) in [6.45, 7) is 3.53. The van der Waals surface area contributed by atoms with Crippen LogP contribution in [-0.2, 0) is 9.59 Å². The van der Waals surface area contributed by atoms with Crippen LogP contribution < -0.4 is 4.90 Å². The van der Waals surface area contributed by atoms with Crippen molar-refractivity contribution in [2.45, 2.75) is 25.0 Å². The van der Waals surface area contributed by atoms with Gasteiger partial charge in [-0.1, -0.05) is 41.4 Å². The van der Waals surface area contributed by atoms with E-state index in [1.165, 1.54) is 0 Å². The second-order valence-corrected chi connectivity index (χ2v) is 12.0. The van der Waals surface area contributed by atoms with Gasteiger partial charge in [-0.05, 0) is 66.4 Å². The lowest BCUT2D eigenvalue weighted by atomic mass is 10.0. The fraction of sp³-hybridized carbons (Fsp3) is 0.276. The number of carbonyl (C=O) groups excluding carboxylic acids is 2. The number of thioether (sulfide) groups is 1. The quantitative estimate of drug-likeness (QED) is 0.284. The summed E-state index contributed by atoms with van der Waals surface area (Å²) < 4.78 is 1.85. The van der Waals surface area contributed by atoms with Crippen molar-refractivity contribution in [3.63, 3.8) is 0 Å². The lowest BCUT2D eigenvalue weighted by Gasteiger charge is -2.25. The maximum absolute atomic E-state index is 13.7. The molecule has 9 heteroatoms. The van der Waals surface area contributed by atoms with Crippen LogP contribution >= 0.6 is 34.7 Å². The van der Waals surface area contributed by atoms with Crippen molar-refractivity contribution in [1.82, 2.24) is 14.7 Å². The molecule has 0 N–H and O–H groups in total. The van der Waals surface area contributed by atoms with Crippen molar-refractivity contribution in [2.75, 3.05) is 30.3 Å². The van der Waals surface area contributed by atoms with E-state index in [1.54, 1.807) is 28.0 Å². The minimum Gasteiger partial charge on any atom is -0.341 e. The van der Waals surface area contributed by atoms with Crippen LogP contribution in [0.5, 0.6) is 0 Å². The normalized spacial score (nSPS) is 17.5. The minimum atomic E-state index is -0.114. The van der Waals surface area contributed by atoms with Gasteiger partial charge in [0.2, 0.25) is 11.8 Å². The van der Waals surface area contributed by atoms with Crippen LogP contribution in [0.15, 0.2) is 65.4 Å². The maximum atomic E-state index is 13.7. The van der Waals surface area contributed by atoms with E-state index < -0.39 is 0 Å². The predicted octanol–water partition coefficient (Wildman–Crippen LogP) is 6.35. The number of anilines is 1. The zero-order valence-electron chi connectivity index (χ0n) is 21.0. The molecule has 38 heavy (non-hydrogen) atoms. The summed E-state index contributed by atoms with van der Waals surface area (Å²) in [5, 5.41) is 9.85. The predicted molar refractivity (Wildman–Crippen MR) is 156 cm³/mol. The van der Waals surface area contributed by atoms with Crippen LogP contribution in [0.3, 0.4) is 0 Å². The first-order chi connectivity index (χ1) is 18.5. The van der Waals surface area contributed by atoms with Gasteiger partial charge in [0, 0.05) is 29.2 Å². The topological polar surface area (TPSA) is 58.4 Å². The molecular weight excluding hydrogens is 536 g/mol. The average Bonchev–Trinajstić information content (AvgIpc) is 3.69. The first-order valence-electron chi connectivity index (χ1n) is 12.7. The molecule has 2 amide bonds. The van der Waals surface area contributed by atoms with E-state index in [0.717, 1.165) is 59.6 Å². The Labute approximate surface area is 235 Å². The van der Waals surface area contributed by atoms with Gasteiger partial charge in [0.1, 0.15) is 12.4 Å². The largest absolute Gasteiger partial charge is 0.341 e. The van der Waals surface area contributed by atoms with Gasteiger partial charge in [0.15, 0.2) is 0 Å². The van der Waals surface area contributed by atoms with E-state index in [9.17, 15) is 9.59 Å². The fourth-order valence-electron chi connectivity index (χ4n) is 5.10. The van der Waals surface area contributed by atoms with Crippen LogP contribution in [0.2, 0.25) is 5.02 Å². The summed E-state index contributed by atoms with van der Waals surface area (Å²) in [7, 11) is 0. The Morgan fingerprint density at radius 1 is 1.05 bits per heavy atom. The zero-order valence-corrected chi connectivity index (χ0v) is 23.4. The molecular formula is C29H27ClN4O2S2. The number of fused-ring (bicyclic) bond motifs is 1. The molecule has 0 saturated carbocycles. The van der Waals surface area contributed by atoms with Gasteiger partial charge in [0.05, 0.1) is 22.4 Å². The molecule has 2 aliphatic heterocycles. The van der Waals surface area contributed by atoms with Gasteiger partial charge < -0.3 is 4.90 Å². The number of amides is 2. The molecule has 0 bridgehead atoms. The molecule has 4 heterocycles. The van der Waals surface area contributed by atoms with Gasteiger partial charge in [-0.2, -0.15) is 16.4 Å². The van der Waals surface area contributed by atoms with E-state index in [2.05, 4.69) is 16.8 Å². The third-order valence-corrected chi connectivity index (χ3v) is 9.29. The number of hydrogen-bond acceptors (Lipinski definition) is 5. The zero-order chi connectivity index (χ0) is 26.2. The number of rotatable bonds is 5. The van der Waals surface area contributed by atoms with E-state index in [4.69, 9.17) is 16.7 Å². The molecule has 194 valence electrons. The summed E-state index contributed by atoms with van der Waals surface area (Å²) in [6.07, 6.45) is 2.01. The number of likely N-dealkylation sites (tertiary alicyclic amines) is 1. The Balaban J connectivity index is 1.59. The SMILES string of the molecule is Cc1ccc(-n2nc(-c3ccc(Cl)cc3)c3c2N(CC(=O)N2CCCC2)C(=O)CSC3c2ccsc2)cc1. The van der Waals surface area contributed by atoms with E-state index in [-0.39, 0.29) is 29.4 Å². The van der Waals surface area contributed by atoms with E-state index in [1.807, 2.05) is 65.0 Å². The molecule has 2 aromatic heterocycles. The van der Waals surface area contributed by atoms with Crippen LogP contribution in [0.25, 0.3) is 16.9 Å². The molecule has 6 rings (SSSR count). The van der Waals surface area contributed by atoms with Gasteiger partial charge in [0.25, 0.3) is 0 Å². The smallest absolute Gasteiger partial charge is 0.242 e. The molecule has 1 unspecified atom stereocenters. The highest BCUT2D eigenvalue weighted by Gasteiger charge is 2.38. The number of aryl methyl sites for hydroxylation is 1. The Morgan fingerprint density at radius 2 is 1.79 bits per heavy atom. The van der Waals surface area contributed by atoms with Crippen molar-refractivity contribution in [3.8, 4) is 16.9 Å². The molecule has 4 aromatic rings. The Morgan fingerprint density at radius 3 is 2.47 bits per heavy atom. The summed E-state index contributed by atoms with van der Waals surface area (Å²) >= 11 is 9.46. The minimum absolute atomic E-state index is 0.000360. The van der Waals surface area contributed by atoms with Crippen LogP contribution in [0, 0.1) is 6.92 Å². The van der Waals surface area contributed by atoms with E-state index in [0.29, 0.717) is 10.8 Å². The third kappa shape index (κ3) is 4.77. The molecule has 2 aromatic carbocycles. The van der Waals surface area contributed by atoms with E-state index >= 15 is 0 Å². The lowest BCUT2D eigenvalue weighted by molar-refractivity contribution is -0.130. The summed E-state index contributed by atoms with van der Waals surface area (Å²) in [5.41, 5.74) is 5.74. The molecule has 1 saturated heterocycles. The molecule has 0 spiro atoms. The highest BCUT2D eigenvalue weighted by molar-refractivity contribution is 8.00. The number of carbonyl (C=O) groups is 2. The lowest BCUT2D eigenvalue weighted by Crippen LogP contribution is -2.43. The number of nitrogens with zero attached hydrogens (tertiary/aromatic N) is 4. The molecule has 1 atom stereocenters. The third-order valence-electron chi connectivity index (χ3n) is 7.08. The van der Waals surface area contributed by atoms with Crippen molar-refractivity contribution >= 4 is 52.3 Å². The standard InChI is InChI=1S/C29H27ClN4O2S2/c1-19-4-10-23(11-5-19)34-29-26(27(31-34)20-6-8-22(30)9-7-20)28(21-12-15-37-17-21)38-18-25(36)33(29)16-24(35)32-13-2-3-14-32/h4-12,15,17,28H,2-3,13-14,16,18H2,1H3. The highest BCUT2D eigenvalue weighted by atomic mass is 35.5. The second kappa shape index (κ2) is 10.6. The molecule has 0 radical (unpaired) electrons. The van der Waals surface area contributed by atoms with Crippen LogP contribution in [0.1, 0.15) is 34.8 Å². The first-order valence-corrected chi connectivity index (χ1v) is 15.0. The Bertz CT molecular complexity index is 1460. The number of benzene rings is 2. The van der Waals surface area contributed by atoms with Crippen molar-refractivity contribution < 1.29 is 9.59 Å². The second-order valence-electron chi connectivity index (χ2n) is 9.66. The molecule has 6 nitrogen and oxygen atoms in total. The molecule has 1 fully saturated rings. The Hall–Kier alpha value is -3.07. The van der Waals surface area contributed by atoms with Gasteiger partial charge in [-0.3, -0.25) is 14.5 Å². The monoisotopic (exact) mass is 562 g/mol. The average molecular weight is 563 g/mol. The highest BCUT2D eigenvalue weighted by Crippen LogP contribution is 2.49. The fourth-order valence-corrected chi connectivity index (χ4v) is 7.18. The summed E-state index contributed by atoms with van der Waals surface area (Å²) in [4.78, 5) is 30.7. The number of thiophene rings is 1. The van der Waals surface area contributed by atoms with Gasteiger partial charge in [-0.15, -0.1) is 11.8 Å². The number of hydrogen-bond donors (Lipinski definition) is 0. The summed E-state index contributed by atoms with van der Waals surface area (Å²) in [6, 6.07) is 17.8. The van der Waals surface area contributed by atoms with Crippen LogP contribution in [-0.4, -0.2) is 51.9 Å². The maximum Gasteiger partial charge on any atom is 0.242 e.